The van der Waals surface area contributed by atoms with Gasteiger partial charge >= 0.3 is 0 Å². The molecule has 0 aliphatic heterocycles. The molecule has 0 saturated heterocycles. The van der Waals surface area contributed by atoms with E-state index in [2.05, 4.69) is 12.1 Å². The Morgan fingerprint density at radius 3 is 1.45 bits per heavy atom. The molecule has 0 aromatic heterocycles. The summed E-state index contributed by atoms with van der Waals surface area (Å²) in [5, 5.41) is 0. The van der Waals surface area contributed by atoms with Crippen molar-refractivity contribution in [3.05, 3.63) is 113 Å². The Morgan fingerprint density at radius 2 is 1.03 bits per heavy atom. The first-order valence-corrected chi connectivity index (χ1v) is 9.80. The predicted octanol–water partition coefficient (Wildman–Crippen LogP) is 4.86. The fraction of sp³-hybridized carbons (Fsp3) is 0.120. The average molecular weight is 389 g/mol. The standard InChI is InChI=1S/C25H21BF3/c1-18-2-4-19(5-3-18)26(20-6-12-23(27)13-7-20,21-8-14-24(28)15-9-21)22-10-16-25(29)17-11-22/h2-10,12-16H,11,17H2,1H3/q-1. The van der Waals surface area contributed by atoms with Gasteiger partial charge in [0, 0.05) is 0 Å². The van der Waals surface area contributed by atoms with Crippen molar-refractivity contribution in [3.63, 3.8) is 0 Å². The molecule has 0 nitrogen and oxygen atoms in total. The number of aryl methyl sites for hydroxylation is 1. The fourth-order valence-corrected chi connectivity index (χ4v) is 4.57. The van der Waals surface area contributed by atoms with Gasteiger partial charge in [0.1, 0.15) is 17.8 Å². The summed E-state index contributed by atoms with van der Waals surface area (Å²) in [7, 11) is 0. The van der Waals surface area contributed by atoms with Crippen molar-refractivity contribution in [1.29, 1.82) is 0 Å². The highest BCUT2D eigenvalue weighted by molar-refractivity contribution is 7.16. The van der Waals surface area contributed by atoms with Crippen molar-refractivity contribution in [2.75, 3.05) is 0 Å². The van der Waals surface area contributed by atoms with Crippen LogP contribution in [0.2, 0.25) is 0 Å². The Hall–Kier alpha value is -3.01. The average Bonchev–Trinajstić information content (AvgIpc) is 2.73. The molecule has 0 bridgehead atoms. The number of rotatable bonds is 4. The molecule has 0 heterocycles. The monoisotopic (exact) mass is 389 g/mol. The van der Waals surface area contributed by atoms with Crippen LogP contribution in [0.3, 0.4) is 0 Å². The lowest BCUT2D eigenvalue weighted by Crippen LogP contribution is -2.68. The van der Waals surface area contributed by atoms with Gasteiger partial charge < -0.3 is 0 Å². The van der Waals surface area contributed by atoms with Gasteiger partial charge in [0.05, 0.1) is 5.83 Å². The van der Waals surface area contributed by atoms with E-state index in [0.717, 1.165) is 27.4 Å². The molecule has 1 aliphatic rings. The van der Waals surface area contributed by atoms with E-state index in [1.807, 2.05) is 25.1 Å². The molecule has 0 amide bonds. The SMILES string of the molecule is Cc1ccc([B-](C2=CC=C(F)CC2)(c2ccc(F)cc2)c2ccc(F)cc2)cc1. The molecule has 0 radical (unpaired) electrons. The summed E-state index contributed by atoms with van der Waals surface area (Å²) in [5.74, 6) is -0.782. The number of hydrogen-bond donors (Lipinski definition) is 0. The number of allylic oxidation sites excluding steroid dienone is 4. The Bertz CT molecular complexity index is 952. The molecule has 0 unspecified atom stereocenters. The van der Waals surface area contributed by atoms with Crippen molar-refractivity contribution >= 4 is 22.5 Å². The third-order valence-corrected chi connectivity index (χ3v) is 6.00. The highest BCUT2D eigenvalue weighted by Gasteiger charge is 2.33. The summed E-state index contributed by atoms with van der Waals surface area (Å²) in [6, 6.07) is 21.1. The van der Waals surface area contributed by atoms with Crippen molar-refractivity contribution < 1.29 is 13.2 Å². The summed E-state index contributed by atoms with van der Waals surface area (Å²) in [4.78, 5) is 0. The van der Waals surface area contributed by atoms with Crippen molar-refractivity contribution in [2.24, 2.45) is 0 Å². The van der Waals surface area contributed by atoms with Crippen LogP contribution in [0.25, 0.3) is 0 Å². The topological polar surface area (TPSA) is 0 Å². The van der Waals surface area contributed by atoms with E-state index in [1.54, 1.807) is 24.3 Å². The summed E-state index contributed by atoms with van der Waals surface area (Å²) in [6.07, 6.45) is 2.53. The van der Waals surface area contributed by atoms with E-state index >= 15 is 0 Å². The van der Waals surface area contributed by atoms with Crippen LogP contribution in [-0.4, -0.2) is 6.15 Å². The molecule has 4 rings (SSSR count). The highest BCUT2D eigenvalue weighted by atomic mass is 19.1. The second-order valence-corrected chi connectivity index (χ2v) is 7.73. The lowest BCUT2D eigenvalue weighted by molar-refractivity contribution is 0.585. The van der Waals surface area contributed by atoms with Gasteiger partial charge in [0.2, 0.25) is 0 Å². The lowest BCUT2D eigenvalue weighted by atomic mass is 9.12. The van der Waals surface area contributed by atoms with E-state index in [9.17, 15) is 13.2 Å². The first-order chi connectivity index (χ1) is 14.0. The second-order valence-electron chi connectivity index (χ2n) is 7.73. The van der Waals surface area contributed by atoms with Crippen LogP contribution in [0.5, 0.6) is 0 Å². The van der Waals surface area contributed by atoms with Gasteiger partial charge in [-0.2, -0.15) is 16.4 Å². The van der Waals surface area contributed by atoms with E-state index in [0.29, 0.717) is 12.8 Å². The maximum Gasteiger partial charge on any atom is 0.122 e. The number of hydrogen-bond acceptors (Lipinski definition) is 0. The van der Waals surface area contributed by atoms with Gasteiger partial charge in [-0.25, -0.2) is 18.6 Å². The van der Waals surface area contributed by atoms with Crippen LogP contribution in [-0.2, 0) is 0 Å². The highest BCUT2D eigenvalue weighted by Crippen LogP contribution is 2.27. The Balaban J connectivity index is 2.08. The van der Waals surface area contributed by atoms with Crippen molar-refractivity contribution in [1.82, 2.24) is 0 Å². The maximum atomic E-state index is 13.8. The maximum absolute atomic E-state index is 13.8. The number of benzene rings is 3. The quantitative estimate of drug-likeness (QED) is 0.560. The van der Waals surface area contributed by atoms with E-state index in [-0.39, 0.29) is 17.5 Å². The molecule has 3 aromatic rings. The second kappa shape index (κ2) is 7.78. The molecule has 0 fully saturated rings. The fourth-order valence-electron chi connectivity index (χ4n) is 4.57. The molecular formula is C25H21BF3-. The van der Waals surface area contributed by atoms with E-state index in [4.69, 9.17) is 0 Å². The third-order valence-electron chi connectivity index (χ3n) is 6.00. The van der Waals surface area contributed by atoms with Gasteiger partial charge in [-0.15, -0.1) is 0 Å². The molecular weight excluding hydrogens is 368 g/mol. The van der Waals surface area contributed by atoms with Crippen molar-refractivity contribution in [3.8, 4) is 0 Å². The molecule has 4 heteroatoms. The normalized spacial score (nSPS) is 14.3. The number of halogens is 3. The third kappa shape index (κ3) is 3.55. The molecule has 29 heavy (non-hydrogen) atoms. The molecule has 3 aromatic carbocycles. The zero-order valence-corrected chi connectivity index (χ0v) is 16.2. The van der Waals surface area contributed by atoms with Crippen LogP contribution in [0.15, 0.2) is 96.2 Å². The van der Waals surface area contributed by atoms with Crippen LogP contribution < -0.4 is 16.4 Å². The van der Waals surface area contributed by atoms with Crippen LogP contribution >= 0.6 is 0 Å². The van der Waals surface area contributed by atoms with Gasteiger partial charge in [0.15, 0.2) is 0 Å². The Labute approximate surface area is 169 Å². The summed E-state index contributed by atoms with van der Waals surface area (Å²) >= 11 is 0. The summed E-state index contributed by atoms with van der Waals surface area (Å²) in [6.45, 7) is 2.02. The minimum absolute atomic E-state index is 0.152. The molecule has 1 aliphatic carbocycles. The molecule has 0 spiro atoms. The van der Waals surface area contributed by atoms with E-state index < -0.39 is 6.15 Å². The molecule has 0 N–H and O–H groups in total. The smallest absolute Gasteiger partial charge is 0.122 e. The van der Waals surface area contributed by atoms with Crippen LogP contribution in [0.4, 0.5) is 13.2 Å². The Kier molecular flexibility index (Phi) is 5.19. The summed E-state index contributed by atoms with van der Waals surface area (Å²) in [5.41, 5.74) is 5.05. The summed E-state index contributed by atoms with van der Waals surface area (Å²) < 4.78 is 41.4. The van der Waals surface area contributed by atoms with Gasteiger partial charge in [-0.3, -0.25) is 0 Å². The molecule has 146 valence electrons. The van der Waals surface area contributed by atoms with E-state index in [1.165, 1.54) is 30.3 Å². The lowest BCUT2D eigenvalue weighted by Gasteiger charge is -2.47. The first-order valence-electron chi connectivity index (χ1n) is 9.80. The van der Waals surface area contributed by atoms with Crippen LogP contribution in [0.1, 0.15) is 18.4 Å². The molecule has 0 saturated carbocycles. The van der Waals surface area contributed by atoms with Crippen molar-refractivity contribution in [2.45, 2.75) is 19.8 Å². The Morgan fingerprint density at radius 1 is 0.586 bits per heavy atom. The zero-order valence-electron chi connectivity index (χ0n) is 16.2. The zero-order chi connectivity index (χ0) is 20.4. The minimum Gasteiger partial charge on any atom is -0.217 e. The van der Waals surface area contributed by atoms with Crippen LogP contribution in [0, 0.1) is 18.6 Å². The first kappa shape index (κ1) is 19.3. The predicted molar refractivity (Wildman–Crippen MR) is 115 cm³/mol. The largest absolute Gasteiger partial charge is 0.217 e. The minimum atomic E-state index is -1.69. The van der Waals surface area contributed by atoms with Gasteiger partial charge in [-0.05, 0) is 43.7 Å². The molecule has 0 atom stereocenters. The van der Waals surface area contributed by atoms with Gasteiger partial charge in [0.25, 0.3) is 0 Å². The van der Waals surface area contributed by atoms with Gasteiger partial charge in [-0.1, -0.05) is 66.6 Å².